The molecule has 1 aliphatic rings. The third-order valence-electron chi connectivity index (χ3n) is 5.88. The lowest BCUT2D eigenvalue weighted by atomic mass is 9.82. The van der Waals surface area contributed by atoms with Gasteiger partial charge in [0, 0.05) is 16.8 Å². The van der Waals surface area contributed by atoms with E-state index in [0.717, 1.165) is 26.2 Å². The maximum atomic E-state index is 13.5. The molecule has 0 heterocycles. The van der Waals surface area contributed by atoms with Crippen molar-refractivity contribution in [3.63, 3.8) is 0 Å². The zero-order chi connectivity index (χ0) is 26.8. The Hall–Kier alpha value is -3.74. The number of rotatable bonds is 4. The van der Waals surface area contributed by atoms with Crippen molar-refractivity contribution in [2.75, 3.05) is 25.1 Å². The normalized spacial score (nSPS) is 13.9. The summed E-state index contributed by atoms with van der Waals surface area (Å²) in [6, 6.07) is 10.00. The number of nitrogens with zero attached hydrogens (tertiary/aromatic N) is 1. The second-order valence-corrected chi connectivity index (χ2v) is 10.9. The Balaban J connectivity index is 2.03. The lowest BCUT2D eigenvalue weighted by molar-refractivity contribution is -0.704. The summed E-state index contributed by atoms with van der Waals surface area (Å²) in [6.45, 7) is 1.27. The fraction of sp³-hybridized carbons (Fsp3) is 0.167. The smallest absolute Gasteiger partial charge is 0.416 e. The van der Waals surface area contributed by atoms with Crippen LogP contribution in [0.1, 0.15) is 43.0 Å². The van der Waals surface area contributed by atoms with E-state index in [-0.39, 0.29) is 33.6 Å². The van der Waals surface area contributed by atoms with Gasteiger partial charge in [-0.2, -0.15) is 21.6 Å². The largest absolute Gasteiger partial charge is 0.617 e. The monoisotopic (exact) mass is 519 g/mol. The molecule has 8 nitrogen and oxygen atoms in total. The predicted octanol–water partition coefficient (Wildman–Crippen LogP) is 4.38. The van der Waals surface area contributed by atoms with E-state index < -0.39 is 53.5 Å². The lowest BCUT2D eigenvalue weighted by Crippen LogP contribution is -2.40. The molecule has 12 heteroatoms. The van der Waals surface area contributed by atoms with Gasteiger partial charge in [0.15, 0.2) is 11.6 Å². The van der Waals surface area contributed by atoms with Gasteiger partial charge in [0.25, 0.3) is 0 Å². The number of nitrogens with two attached hydrogens (primary N) is 1. The number of nitrogens with one attached hydrogen (secondary N) is 1. The highest BCUT2D eigenvalue weighted by Crippen LogP contribution is 2.42. The molecule has 3 N–H and O–H groups in total. The van der Waals surface area contributed by atoms with Crippen LogP contribution in [-0.2, 0) is 16.2 Å². The van der Waals surface area contributed by atoms with Gasteiger partial charge in [-0.25, -0.2) is 0 Å². The number of anilines is 3. The molecule has 0 amide bonds. The van der Waals surface area contributed by atoms with Crippen LogP contribution in [0.3, 0.4) is 0 Å². The third-order valence-corrected chi connectivity index (χ3v) is 7.93. The highest BCUT2D eigenvalue weighted by Gasteiger charge is 2.39. The fourth-order valence-corrected chi connectivity index (χ4v) is 5.12. The average molecular weight is 520 g/mol. The Labute approximate surface area is 204 Å². The predicted molar refractivity (Wildman–Crippen MR) is 126 cm³/mol. The first kappa shape index (κ1) is 25.4. The summed E-state index contributed by atoms with van der Waals surface area (Å²) in [5.74, 6) is -1.44. The second-order valence-electron chi connectivity index (χ2n) is 8.67. The number of alkyl halides is 3. The summed E-state index contributed by atoms with van der Waals surface area (Å²) in [5, 5.41) is 15.1. The van der Waals surface area contributed by atoms with Crippen molar-refractivity contribution in [3.8, 4) is 0 Å². The number of benzene rings is 3. The fourth-order valence-electron chi connectivity index (χ4n) is 4.00. The van der Waals surface area contributed by atoms with Gasteiger partial charge in [0.1, 0.15) is 4.90 Å². The molecule has 36 heavy (non-hydrogen) atoms. The number of hydrogen-bond donors (Lipinski definition) is 2. The van der Waals surface area contributed by atoms with E-state index >= 15 is 0 Å². The molecule has 188 valence electrons. The van der Waals surface area contributed by atoms with Crippen LogP contribution in [0.25, 0.3) is 0 Å². The molecule has 0 saturated carbocycles. The van der Waals surface area contributed by atoms with Gasteiger partial charge < -0.3 is 16.3 Å². The van der Waals surface area contributed by atoms with Gasteiger partial charge in [-0.15, -0.1) is 0 Å². The van der Waals surface area contributed by atoms with E-state index in [2.05, 4.69) is 5.32 Å². The molecule has 0 atom stereocenters. The Morgan fingerprint density at radius 2 is 1.50 bits per heavy atom. The van der Waals surface area contributed by atoms with Crippen molar-refractivity contribution in [1.29, 1.82) is 0 Å². The van der Waals surface area contributed by atoms with E-state index in [1.165, 1.54) is 43.3 Å². The Kier molecular flexibility index (Phi) is 5.74. The molecule has 1 aliphatic carbocycles. The summed E-state index contributed by atoms with van der Waals surface area (Å²) in [5.41, 5.74) is 3.33. The van der Waals surface area contributed by atoms with E-state index in [9.17, 15) is 36.4 Å². The first-order valence-corrected chi connectivity index (χ1v) is 11.9. The minimum absolute atomic E-state index is 0.0206. The maximum absolute atomic E-state index is 13.5. The quantitative estimate of drug-likeness (QED) is 0.233. The molecule has 0 radical (unpaired) electrons. The van der Waals surface area contributed by atoms with Crippen LogP contribution in [0.2, 0.25) is 0 Å². The van der Waals surface area contributed by atoms with Crippen LogP contribution in [0.4, 0.5) is 30.2 Å². The molecular formula is C24H20F3N3O5S. The summed E-state index contributed by atoms with van der Waals surface area (Å²) >= 11 is 0. The number of carbonyl (C=O) groups is 2. The third kappa shape index (κ3) is 3.92. The van der Waals surface area contributed by atoms with Gasteiger partial charge in [0.2, 0.25) is 0 Å². The number of fused-ring (bicyclic) bond motifs is 2. The van der Waals surface area contributed by atoms with Gasteiger partial charge in [0.05, 0.1) is 42.2 Å². The van der Waals surface area contributed by atoms with Crippen LogP contribution in [-0.4, -0.2) is 38.1 Å². The van der Waals surface area contributed by atoms with Gasteiger partial charge in [-0.3, -0.25) is 13.6 Å². The van der Waals surface area contributed by atoms with Gasteiger partial charge >= 0.3 is 16.2 Å². The zero-order valence-electron chi connectivity index (χ0n) is 19.2. The maximum Gasteiger partial charge on any atom is 0.416 e. The molecule has 3 aromatic carbocycles. The number of nitrogen functional groups attached to an aromatic ring is 1. The minimum atomic E-state index is -4.74. The number of quaternary nitrogens is 1. The second kappa shape index (κ2) is 8.15. The summed E-state index contributed by atoms with van der Waals surface area (Å²) in [4.78, 5) is 26.0. The summed E-state index contributed by atoms with van der Waals surface area (Å²) in [7, 11) is -3.07. The standard InChI is InChI=1S/C24H20F3N3O5S/c1-12-8-9-13(10-16(12)24(25,26)27)29-17-11-18(36(34,35)30(2,3)33)21(28)20-19(17)22(31)14-6-4-5-7-15(14)23(20)32/h4-11,29H,28H2,1-3H3. The van der Waals surface area contributed by atoms with Crippen molar-refractivity contribution in [1.82, 2.24) is 0 Å². The van der Waals surface area contributed by atoms with Crippen LogP contribution < -0.4 is 11.1 Å². The Bertz CT molecular complexity index is 1560. The number of halogens is 3. The molecular weight excluding hydrogens is 499 g/mol. The molecule has 0 fully saturated rings. The SMILES string of the molecule is Cc1ccc(Nc2cc(S(=O)(=O)[N+](C)(C)[O-])c(N)c3c2C(=O)c2ccccc2C3=O)cc1C(F)(F)F. The topological polar surface area (TPSA) is 129 Å². The Morgan fingerprint density at radius 3 is 2.03 bits per heavy atom. The summed E-state index contributed by atoms with van der Waals surface area (Å²) in [6.07, 6.45) is -4.67. The number of sulfonamides is 1. The number of aryl methyl sites for hydroxylation is 1. The van der Waals surface area contributed by atoms with Crippen molar-refractivity contribution in [3.05, 3.63) is 87.1 Å². The van der Waals surface area contributed by atoms with E-state index in [1.54, 1.807) is 0 Å². The molecule has 3 aromatic rings. The zero-order valence-corrected chi connectivity index (χ0v) is 20.0. The number of carbonyl (C=O) groups excluding carboxylic acids is 2. The van der Waals surface area contributed by atoms with Crippen LogP contribution in [0, 0.1) is 12.1 Å². The van der Waals surface area contributed by atoms with Crippen LogP contribution in [0.5, 0.6) is 0 Å². The number of hydroxylamine groups is 2. The highest BCUT2D eigenvalue weighted by molar-refractivity contribution is 7.86. The number of hydrogen-bond acceptors (Lipinski definition) is 7. The van der Waals surface area contributed by atoms with Crippen LogP contribution in [0.15, 0.2) is 53.4 Å². The van der Waals surface area contributed by atoms with Crippen molar-refractivity contribution in [2.24, 2.45) is 0 Å². The molecule has 0 bridgehead atoms. The van der Waals surface area contributed by atoms with Gasteiger partial charge in [-0.05, 0) is 30.7 Å². The summed E-state index contributed by atoms with van der Waals surface area (Å²) < 4.78 is 64.6. The van der Waals surface area contributed by atoms with E-state index in [0.29, 0.717) is 0 Å². The van der Waals surface area contributed by atoms with E-state index in [1.807, 2.05) is 0 Å². The average Bonchev–Trinajstić information content (AvgIpc) is 2.78. The lowest BCUT2D eigenvalue weighted by Gasteiger charge is -2.33. The minimum Gasteiger partial charge on any atom is -0.617 e. The van der Waals surface area contributed by atoms with Gasteiger partial charge in [-0.1, -0.05) is 30.3 Å². The van der Waals surface area contributed by atoms with Crippen molar-refractivity contribution >= 4 is 38.7 Å². The first-order chi connectivity index (χ1) is 16.6. The molecule has 0 aliphatic heterocycles. The molecule has 0 aromatic heterocycles. The van der Waals surface area contributed by atoms with Crippen molar-refractivity contribution < 1.29 is 35.2 Å². The highest BCUT2D eigenvalue weighted by atomic mass is 32.2. The molecule has 4 rings (SSSR count). The van der Waals surface area contributed by atoms with E-state index in [4.69, 9.17) is 5.73 Å². The molecule has 0 spiro atoms. The number of ketones is 2. The van der Waals surface area contributed by atoms with Crippen molar-refractivity contribution in [2.45, 2.75) is 18.0 Å². The molecule has 0 unspecified atom stereocenters. The first-order valence-electron chi connectivity index (χ1n) is 10.5. The Morgan fingerprint density at radius 1 is 0.944 bits per heavy atom. The molecule has 0 saturated heterocycles. The van der Waals surface area contributed by atoms with Crippen LogP contribution >= 0.6 is 0 Å².